The molecule has 3 aromatic carbocycles. The first-order chi connectivity index (χ1) is 14.1. The lowest BCUT2D eigenvalue weighted by molar-refractivity contribution is 0.302. The maximum absolute atomic E-state index is 6.03. The van der Waals surface area contributed by atoms with E-state index >= 15 is 0 Å². The van der Waals surface area contributed by atoms with Gasteiger partial charge in [-0.1, -0.05) is 41.9 Å². The van der Waals surface area contributed by atoms with E-state index in [-0.39, 0.29) is 0 Å². The molecule has 0 unspecified atom stereocenters. The summed E-state index contributed by atoms with van der Waals surface area (Å²) in [7, 11) is 1.67. The largest absolute Gasteiger partial charge is 0.496 e. The lowest BCUT2D eigenvalue weighted by Gasteiger charge is -2.11. The van der Waals surface area contributed by atoms with E-state index in [1.165, 1.54) is 0 Å². The Morgan fingerprint density at radius 2 is 1.72 bits per heavy atom. The number of halogens is 3. The molecular weight excluding hydrogens is 614 g/mol. The molecule has 0 radical (unpaired) electrons. The summed E-state index contributed by atoms with van der Waals surface area (Å²) < 4.78 is 13.5. The summed E-state index contributed by atoms with van der Waals surface area (Å²) in [5, 5.41) is 5.06. The minimum Gasteiger partial charge on any atom is -0.496 e. The first kappa shape index (κ1) is 22.2. The topological polar surface area (TPSA) is 42.8 Å². The van der Waals surface area contributed by atoms with Crippen LogP contribution in [0.3, 0.4) is 0 Å². The molecule has 0 aliphatic carbocycles. The molecule has 0 spiro atoms. The van der Waals surface area contributed by atoms with Gasteiger partial charge in [-0.05, 0) is 86.6 Å². The van der Waals surface area contributed by atoms with Crippen LogP contribution in [0.4, 0.5) is 0 Å². The van der Waals surface area contributed by atoms with Crippen LogP contribution >= 0.6 is 56.8 Å². The fourth-order valence-electron chi connectivity index (χ4n) is 2.63. The van der Waals surface area contributed by atoms with E-state index in [0.29, 0.717) is 13.2 Å². The molecule has 0 heterocycles. The van der Waals surface area contributed by atoms with Crippen LogP contribution < -0.4 is 14.9 Å². The second-order valence-electron chi connectivity index (χ2n) is 6.13. The third-order valence-electron chi connectivity index (χ3n) is 4.08. The standard InChI is InChI=1S/C22H19ClI2N2O2/c1-28-21-5-3-2-4-17(21)13-27-26-12-16-10-19(24)22(20(25)11-16)29-14-15-6-8-18(23)9-7-15/h2-12,27H,13-14H2,1H3/b26-12-. The fraction of sp³-hybridized carbons (Fsp3) is 0.136. The number of hydrogen-bond donors (Lipinski definition) is 1. The monoisotopic (exact) mass is 632 g/mol. The Morgan fingerprint density at radius 1 is 1.03 bits per heavy atom. The number of methoxy groups -OCH3 is 1. The smallest absolute Gasteiger partial charge is 0.146 e. The van der Waals surface area contributed by atoms with Gasteiger partial charge in [0.1, 0.15) is 18.1 Å². The quantitative estimate of drug-likeness (QED) is 0.181. The second kappa shape index (κ2) is 11.0. The average Bonchev–Trinajstić information content (AvgIpc) is 2.72. The van der Waals surface area contributed by atoms with Crippen LogP contribution in [0.2, 0.25) is 5.02 Å². The van der Waals surface area contributed by atoms with Crippen molar-refractivity contribution in [1.29, 1.82) is 0 Å². The summed E-state index contributed by atoms with van der Waals surface area (Å²) in [5.74, 6) is 1.72. The normalized spacial score (nSPS) is 10.9. The summed E-state index contributed by atoms with van der Waals surface area (Å²) in [6.07, 6.45) is 1.81. The number of hydrazone groups is 1. The van der Waals surface area contributed by atoms with Crippen molar-refractivity contribution < 1.29 is 9.47 Å². The van der Waals surface area contributed by atoms with Gasteiger partial charge in [-0.25, -0.2) is 0 Å². The van der Waals surface area contributed by atoms with E-state index in [1.807, 2.05) is 66.9 Å². The third-order valence-corrected chi connectivity index (χ3v) is 5.94. The lowest BCUT2D eigenvalue weighted by Crippen LogP contribution is -2.07. The zero-order valence-corrected chi connectivity index (χ0v) is 20.7. The molecule has 0 fully saturated rings. The predicted octanol–water partition coefficient (Wildman–Crippen LogP) is 6.26. The number of benzene rings is 3. The molecule has 0 aromatic heterocycles. The zero-order chi connectivity index (χ0) is 20.6. The van der Waals surface area contributed by atoms with Gasteiger partial charge in [0.2, 0.25) is 0 Å². The molecule has 0 saturated heterocycles. The molecule has 3 aromatic rings. The van der Waals surface area contributed by atoms with Gasteiger partial charge in [0.05, 0.1) is 27.0 Å². The van der Waals surface area contributed by atoms with E-state index in [4.69, 9.17) is 21.1 Å². The van der Waals surface area contributed by atoms with Gasteiger partial charge in [-0.15, -0.1) is 0 Å². The van der Waals surface area contributed by atoms with Crippen molar-refractivity contribution in [3.05, 3.63) is 89.5 Å². The van der Waals surface area contributed by atoms with Crippen molar-refractivity contribution in [2.24, 2.45) is 5.10 Å². The Morgan fingerprint density at radius 3 is 2.41 bits per heavy atom. The molecule has 4 nitrogen and oxygen atoms in total. The second-order valence-corrected chi connectivity index (χ2v) is 8.89. The van der Waals surface area contributed by atoms with Gasteiger partial charge in [0.15, 0.2) is 0 Å². The van der Waals surface area contributed by atoms with Crippen molar-refractivity contribution in [3.8, 4) is 11.5 Å². The van der Waals surface area contributed by atoms with Crippen molar-refractivity contribution in [2.75, 3.05) is 7.11 Å². The molecule has 0 bridgehead atoms. The van der Waals surface area contributed by atoms with Crippen LogP contribution in [0.5, 0.6) is 11.5 Å². The number of nitrogens with zero attached hydrogens (tertiary/aromatic N) is 1. The van der Waals surface area contributed by atoms with Gasteiger partial charge in [0, 0.05) is 10.6 Å². The van der Waals surface area contributed by atoms with Gasteiger partial charge < -0.3 is 14.9 Å². The van der Waals surface area contributed by atoms with E-state index in [9.17, 15) is 0 Å². The van der Waals surface area contributed by atoms with Crippen LogP contribution in [0.15, 0.2) is 65.8 Å². The SMILES string of the molecule is COc1ccccc1CN/N=C\c1cc(I)c(OCc2ccc(Cl)cc2)c(I)c1. The number of para-hydroxylation sites is 1. The highest BCUT2D eigenvalue weighted by Gasteiger charge is 2.09. The van der Waals surface area contributed by atoms with E-state index in [0.717, 1.165) is 40.4 Å². The number of nitrogens with one attached hydrogen (secondary N) is 1. The molecule has 0 amide bonds. The van der Waals surface area contributed by atoms with Crippen molar-refractivity contribution in [3.63, 3.8) is 0 Å². The molecule has 7 heteroatoms. The first-order valence-electron chi connectivity index (χ1n) is 8.81. The molecule has 150 valence electrons. The van der Waals surface area contributed by atoms with Crippen LogP contribution in [-0.2, 0) is 13.2 Å². The molecule has 1 N–H and O–H groups in total. The van der Waals surface area contributed by atoms with Crippen molar-refractivity contribution >= 4 is 63.0 Å². The summed E-state index contributed by atoms with van der Waals surface area (Å²) in [6, 6.07) is 19.7. The Kier molecular flexibility index (Phi) is 8.43. The molecule has 3 rings (SSSR count). The van der Waals surface area contributed by atoms with Crippen LogP contribution in [0.1, 0.15) is 16.7 Å². The highest BCUT2D eigenvalue weighted by Crippen LogP contribution is 2.29. The maximum Gasteiger partial charge on any atom is 0.146 e. The van der Waals surface area contributed by atoms with Gasteiger partial charge in [-0.2, -0.15) is 5.10 Å². The van der Waals surface area contributed by atoms with Crippen LogP contribution in [0.25, 0.3) is 0 Å². The highest BCUT2D eigenvalue weighted by molar-refractivity contribution is 14.1. The van der Waals surface area contributed by atoms with Crippen molar-refractivity contribution in [2.45, 2.75) is 13.2 Å². The van der Waals surface area contributed by atoms with E-state index in [2.05, 4.69) is 55.7 Å². The van der Waals surface area contributed by atoms with Gasteiger partial charge in [0.25, 0.3) is 0 Å². The van der Waals surface area contributed by atoms with Gasteiger partial charge >= 0.3 is 0 Å². The van der Waals surface area contributed by atoms with Crippen LogP contribution in [0, 0.1) is 7.14 Å². The average molecular weight is 633 g/mol. The Hall–Kier alpha value is -1.52. The Labute approximate surface area is 202 Å². The number of hydrogen-bond acceptors (Lipinski definition) is 4. The number of ether oxygens (including phenoxy) is 2. The minimum atomic E-state index is 0.497. The Bertz CT molecular complexity index is 971. The van der Waals surface area contributed by atoms with Crippen molar-refractivity contribution in [1.82, 2.24) is 5.43 Å². The molecule has 0 saturated carbocycles. The number of rotatable bonds is 8. The maximum atomic E-state index is 6.03. The van der Waals surface area contributed by atoms with E-state index in [1.54, 1.807) is 7.11 Å². The van der Waals surface area contributed by atoms with E-state index < -0.39 is 0 Å². The summed E-state index contributed by atoms with van der Waals surface area (Å²) >= 11 is 10.5. The molecule has 0 aliphatic rings. The molecular formula is C22H19ClI2N2O2. The van der Waals surface area contributed by atoms with Gasteiger partial charge in [-0.3, -0.25) is 0 Å². The summed E-state index contributed by atoms with van der Waals surface area (Å²) in [6.45, 7) is 1.09. The summed E-state index contributed by atoms with van der Waals surface area (Å²) in [5.41, 5.74) is 6.21. The highest BCUT2D eigenvalue weighted by atomic mass is 127. The predicted molar refractivity (Wildman–Crippen MR) is 135 cm³/mol. The molecule has 0 atom stereocenters. The van der Waals surface area contributed by atoms with Crippen LogP contribution in [-0.4, -0.2) is 13.3 Å². The lowest BCUT2D eigenvalue weighted by atomic mass is 10.2. The first-order valence-corrected chi connectivity index (χ1v) is 11.3. The minimum absolute atomic E-state index is 0.497. The zero-order valence-electron chi connectivity index (χ0n) is 15.7. The third kappa shape index (κ3) is 6.48. The molecule has 29 heavy (non-hydrogen) atoms. The summed E-state index contributed by atoms with van der Waals surface area (Å²) in [4.78, 5) is 0. The Balaban J connectivity index is 1.61. The molecule has 0 aliphatic heterocycles. The fourth-order valence-corrected chi connectivity index (χ4v) is 4.88.